The van der Waals surface area contributed by atoms with Crippen molar-refractivity contribution >= 4 is 45.5 Å². The summed E-state index contributed by atoms with van der Waals surface area (Å²) in [5.41, 5.74) is 2.32. The summed E-state index contributed by atoms with van der Waals surface area (Å²) in [6.07, 6.45) is 8.08. The van der Waals surface area contributed by atoms with Gasteiger partial charge in [0.15, 0.2) is 12.1 Å². The molecule has 0 bridgehead atoms. The van der Waals surface area contributed by atoms with E-state index in [-0.39, 0.29) is 23.0 Å². The summed E-state index contributed by atoms with van der Waals surface area (Å²) < 4.78 is 0. The van der Waals surface area contributed by atoms with E-state index in [4.69, 9.17) is 10.2 Å². The second-order valence-corrected chi connectivity index (χ2v) is 12.2. The van der Waals surface area contributed by atoms with Gasteiger partial charge in [0.2, 0.25) is 0 Å². The molecular formula is C29H34N2O8S2. The standard InChI is InChI=1S/C29H34N2O8S2/c32-22-12-24(34)18(26-30-20(14-40-26)28(36)37)10-16(22)8-6-4-2-1-3-5-7-9-17-11-19(25(35)13-23(17)33)27-31-21(15-41-27)29(38)39/h10-13,20-21,32-35H,1-9,14-15H2,(H,36,37)(H,38,39)/t20-,21?/m1/s1. The number of nitrogens with zero attached hydrogens (tertiary/aromatic N) is 2. The Morgan fingerprint density at radius 1 is 0.610 bits per heavy atom. The summed E-state index contributed by atoms with van der Waals surface area (Å²) >= 11 is 2.57. The van der Waals surface area contributed by atoms with E-state index in [1.807, 2.05) is 0 Å². The highest BCUT2D eigenvalue weighted by Crippen LogP contribution is 2.35. The first-order valence-electron chi connectivity index (χ1n) is 13.6. The summed E-state index contributed by atoms with van der Waals surface area (Å²) in [7, 11) is 0. The molecule has 41 heavy (non-hydrogen) atoms. The van der Waals surface area contributed by atoms with Crippen molar-refractivity contribution in [1.29, 1.82) is 0 Å². The Hall–Kier alpha value is -3.38. The molecule has 0 saturated heterocycles. The fourth-order valence-electron chi connectivity index (χ4n) is 4.80. The van der Waals surface area contributed by atoms with E-state index in [2.05, 4.69) is 9.98 Å². The molecule has 0 radical (unpaired) electrons. The number of aliphatic carboxylic acids is 2. The number of carboxylic acids is 2. The van der Waals surface area contributed by atoms with Crippen molar-refractivity contribution in [3.8, 4) is 23.0 Å². The zero-order chi connectivity index (χ0) is 29.5. The van der Waals surface area contributed by atoms with Gasteiger partial charge in [-0.05, 0) is 48.9 Å². The van der Waals surface area contributed by atoms with Gasteiger partial charge in [0.1, 0.15) is 33.1 Å². The molecule has 220 valence electrons. The van der Waals surface area contributed by atoms with E-state index in [0.29, 0.717) is 56.7 Å². The normalized spacial score (nSPS) is 18.3. The minimum absolute atomic E-state index is 0.0190. The van der Waals surface area contributed by atoms with Crippen molar-refractivity contribution < 1.29 is 40.2 Å². The number of hydrogen-bond donors (Lipinski definition) is 6. The first kappa shape index (κ1) is 30.6. The number of aromatic hydroxyl groups is 4. The number of aryl methyl sites for hydroxylation is 2. The number of aliphatic imine (C=N–C) groups is 2. The van der Waals surface area contributed by atoms with Gasteiger partial charge in [-0.1, -0.05) is 32.1 Å². The average molecular weight is 603 g/mol. The van der Waals surface area contributed by atoms with Crippen LogP contribution in [0.5, 0.6) is 23.0 Å². The topological polar surface area (TPSA) is 180 Å². The van der Waals surface area contributed by atoms with Gasteiger partial charge in [-0.15, -0.1) is 23.5 Å². The van der Waals surface area contributed by atoms with Crippen molar-refractivity contribution in [2.75, 3.05) is 11.5 Å². The van der Waals surface area contributed by atoms with Crippen LogP contribution in [-0.2, 0) is 22.4 Å². The molecule has 10 nitrogen and oxygen atoms in total. The number of carboxylic acid groups (broad SMARTS) is 2. The van der Waals surface area contributed by atoms with Gasteiger partial charge in [0.25, 0.3) is 0 Å². The maximum Gasteiger partial charge on any atom is 0.329 e. The number of phenolic OH excluding ortho intramolecular Hbond substituents is 4. The molecule has 2 aliphatic rings. The van der Waals surface area contributed by atoms with E-state index in [0.717, 1.165) is 44.9 Å². The van der Waals surface area contributed by atoms with E-state index < -0.39 is 24.0 Å². The highest BCUT2D eigenvalue weighted by molar-refractivity contribution is 8.15. The molecule has 6 N–H and O–H groups in total. The molecule has 12 heteroatoms. The first-order chi connectivity index (χ1) is 19.6. The number of thioether (sulfide) groups is 2. The van der Waals surface area contributed by atoms with Crippen molar-refractivity contribution in [2.45, 2.75) is 69.9 Å². The maximum absolute atomic E-state index is 11.2. The average Bonchev–Trinajstić information content (AvgIpc) is 3.61. The molecule has 2 aromatic rings. The van der Waals surface area contributed by atoms with Crippen LogP contribution in [0.2, 0.25) is 0 Å². The van der Waals surface area contributed by atoms with Crippen LogP contribution in [0.25, 0.3) is 0 Å². The maximum atomic E-state index is 11.2. The van der Waals surface area contributed by atoms with Crippen LogP contribution in [0, 0.1) is 0 Å². The minimum atomic E-state index is -0.996. The number of benzene rings is 2. The lowest BCUT2D eigenvalue weighted by molar-refractivity contribution is -0.138. The van der Waals surface area contributed by atoms with Gasteiger partial charge in [-0.2, -0.15) is 0 Å². The molecule has 1 unspecified atom stereocenters. The summed E-state index contributed by atoms with van der Waals surface area (Å²) in [6, 6.07) is 4.35. The number of hydrogen-bond acceptors (Lipinski definition) is 10. The Morgan fingerprint density at radius 2 is 0.976 bits per heavy atom. The van der Waals surface area contributed by atoms with Gasteiger partial charge in [0, 0.05) is 34.8 Å². The lowest BCUT2D eigenvalue weighted by Crippen LogP contribution is -2.17. The predicted molar refractivity (Wildman–Crippen MR) is 160 cm³/mol. The largest absolute Gasteiger partial charge is 0.508 e. The number of unbranched alkanes of at least 4 members (excludes halogenated alkanes) is 6. The highest BCUT2D eigenvalue weighted by atomic mass is 32.2. The number of phenols is 4. The predicted octanol–water partition coefficient (Wildman–Crippen LogP) is 4.92. The van der Waals surface area contributed by atoms with Crippen molar-refractivity contribution in [3.63, 3.8) is 0 Å². The summed E-state index contributed by atoms with van der Waals surface area (Å²) in [5.74, 6) is -1.54. The third kappa shape index (κ3) is 7.88. The quantitative estimate of drug-likeness (QED) is 0.163. The van der Waals surface area contributed by atoms with E-state index in [1.165, 1.54) is 35.7 Å². The Balaban J connectivity index is 1.18. The molecule has 0 saturated carbocycles. The molecule has 0 fully saturated rings. The van der Waals surface area contributed by atoms with E-state index in [9.17, 15) is 30.0 Å². The van der Waals surface area contributed by atoms with Gasteiger partial charge < -0.3 is 30.6 Å². The summed E-state index contributed by atoms with van der Waals surface area (Å²) in [4.78, 5) is 30.7. The minimum Gasteiger partial charge on any atom is -0.508 e. The molecule has 0 spiro atoms. The van der Waals surface area contributed by atoms with E-state index >= 15 is 0 Å². The van der Waals surface area contributed by atoms with Gasteiger partial charge in [-0.3, -0.25) is 9.98 Å². The lowest BCUT2D eigenvalue weighted by atomic mass is 10.00. The molecule has 0 aromatic heterocycles. The lowest BCUT2D eigenvalue weighted by Gasteiger charge is -2.11. The zero-order valence-corrected chi connectivity index (χ0v) is 24.1. The van der Waals surface area contributed by atoms with Crippen LogP contribution in [0.3, 0.4) is 0 Å². The monoisotopic (exact) mass is 602 g/mol. The molecule has 0 amide bonds. The first-order valence-corrected chi connectivity index (χ1v) is 15.6. The second kappa shape index (κ2) is 14.0. The van der Waals surface area contributed by atoms with Crippen LogP contribution in [0.4, 0.5) is 0 Å². The van der Waals surface area contributed by atoms with Crippen LogP contribution in [0.1, 0.15) is 67.2 Å². The van der Waals surface area contributed by atoms with Gasteiger partial charge >= 0.3 is 11.9 Å². The number of carbonyl (C=O) groups is 2. The van der Waals surface area contributed by atoms with Gasteiger partial charge in [0.05, 0.1) is 0 Å². The van der Waals surface area contributed by atoms with E-state index in [1.54, 1.807) is 12.1 Å². The SMILES string of the molecule is O=C(O)C1CSC(c2cc(CCCCCCCCCc3cc(C4=N[C@@H](C(=O)O)CS4)c(O)cc3O)c(O)cc2O)=N1. The Morgan fingerprint density at radius 3 is 1.32 bits per heavy atom. The van der Waals surface area contributed by atoms with Crippen molar-refractivity contribution in [3.05, 3.63) is 46.5 Å². The van der Waals surface area contributed by atoms with Crippen molar-refractivity contribution in [2.24, 2.45) is 9.98 Å². The molecule has 2 aliphatic heterocycles. The molecule has 2 aromatic carbocycles. The van der Waals surface area contributed by atoms with Crippen LogP contribution in [-0.4, -0.2) is 76.3 Å². The van der Waals surface area contributed by atoms with Crippen LogP contribution >= 0.6 is 23.5 Å². The van der Waals surface area contributed by atoms with Crippen LogP contribution in [0.15, 0.2) is 34.3 Å². The molecule has 4 rings (SSSR count). The highest BCUT2D eigenvalue weighted by Gasteiger charge is 2.28. The fourth-order valence-corrected chi connectivity index (χ4v) is 6.90. The van der Waals surface area contributed by atoms with Crippen LogP contribution < -0.4 is 0 Å². The van der Waals surface area contributed by atoms with Gasteiger partial charge in [-0.25, -0.2) is 9.59 Å². The third-order valence-corrected chi connectivity index (χ3v) is 9.28. The Bertz CT molecular complexity index is 1260. The number of rotatable bonds is 14. The zero-order valence-electron chi connectivity index (χ0n) is 22.5. The Kier molecular flexibility index (Phi) is 10.4. The summed E-state index contributed by atoms with van der Waals surface area (Å²) in [6.45, 7) is 0. The Labute approximate surface area is 246 Å². The summed E-state index contributed by atoms with van der Waals surface area (Å²) in [5, 5.41) is 60.3. The smallest absolute Gasteiger partial charge is 0.329 e. The second-order valence-electron chi connectivity index (χ2n) is 10.2. The van der Waals surface area contributed by atoms with Crippen molar-refractivity contribution in [1.82, 2.24) is 0 Å². The third-order valence-electron chi connectivity index (χ3n) is 7.12. The fraction of sp³-hybridized carbons (Fsp3) is 0.448. The molecule has 0 aliphatic carbocycles. The molecule has 2 heterocycles. The molecular weight excluding hydrogens is 568 g/mol. The molecule has 2 atom stereocenters.